The summed E-state index contributed by atoms with van der Waals surface area (Å²) in [4.78, 5) is 4.58. The first-order valence-corrected chi connectivity index (χ1v) is 7.48. The highest BCUT2D eigenvalue weighted by atomic mass is 16.5. The van der Waals surface area contributed by atoms with Gasteiger partial charge in [0.1, 0.15) is 0 Å². The van der Waals surface area contributed by atoms with Crippen LogP contribution < -0.4 is 5.73 Å². The maximum atomic E-state index is 5.61. The molecule has 0 spiro atoms. The van der Waals surface area contributed by atoms with E-state index < -0.39 is 0 Å². The van der Waals surface area contributed by atoms with Crippen molar-refractivity contribution in [3.8, 4) is 0 Å². The van der Waals surface area contributed by atoms with Gasteiger partial charge in [-0.15, -0.1) is 0 Å². The Morgan fingerprint density at radius 1 is 1.16 bits per heavy atom. The lowest BCUT2D eigenvalue weighted by atomic mass is 9.40. The summed E-state index contributed by atoms with van der Waals surface area (Å²) >= 11 is 0. The van der Waals surface area contributed by atoms with Crippen molar-refractivity contribution in [3.63, 3.8) is 0 Å². The van der Waals surface area contributed by atoms with Crippen LogP contribution in [-0.2, 0) is 12.0 Å². The number of rotatable bonds is 2. The number of nitrogens with two attached hydrogens (primary N) is 1. The molecule has 5 rings (SSSR count). The van der Waals surface area contributed by atoms with Crippen LogP contribution in [0, 0.1) is 16.7 Å². The third-order valence-electron chi connectivity index (χ3n) is 5.74. The Morgan fingerprint density at radius 3 is 2.37 bits per heavy atom. The van der Waals surface area contributed by atoms with E-state index in [-0.39, 0.29) is 5.41 Å². The quantitative estimate of drug-likeness (QED) is 0.889. The Kier molecular flexibility index (Phi) is 2.13. The van der Waals surface area contributed by atoms with Crippen LogP contribution in [-0.4, -0.2) is 10.1 Å². The zero-order chi connectivity index (χ0) is 13.3. The van der Waals surface area contributed by atoms with Crippen molar-refractivity contribution in [1.29, 1.82) is 0 Å². The van der Waals surface area contributed by atoms with Gasteiger partial charge in [-0.25, -0.2) is 0 Å². The van der Waals surface area contributed by atoms with Crippen molar-refractivity contribution in [1.82, 2.24) is 10.1 Å². The first kappa shape index (κ1) is 11.9. The van der Waals surface area contributed by atoms with E-state index in [2.05, 4.69) is 24.0 Å². The standard InChI is InChI=1S/C15H23N3O/c1-13-3-10-4-14(2,7-13)9-15(5-10,8-13)12-17-11(6-16)19-18-12/h10H,3-9,16H2,1-2H3. The number of aromatic nitrogens is 2. The van der Waals surface area contributed by atoms with Crippen LogP contribution in [0.4, 0.5) is 0 Å². The van der Waals surface area contributed by atoms with Crippen molar-refractivity contribution in [3.05, 3.63) is 11.7 Å². The second-order valence-electron chi connectivity index (χ2n) is 8.13. The zero-order valence-electron chi connectivity index (χ0n) is 11.9. The van der Waals surface area contributed by atoms with Crippen LogP contribution in [0.15, 0.2) is 4.52 Å². The van der Waals surface area contributed by atoms with Gasteiger partial charge in [0, 0.05) is 5.41 Å². The largest absolute Gasteiger partial charge is 0.338 e. The van der Waals surface area contributed by atoms with Gasteiger partial charge in [0.2, 0.25) is 5.89 Å². The van der Waals surface area contributed by atoms with Gasteiger partial charge in [0.05, 0.1) is 6.54 Å². The monoisotopic (exact) mass is 261 g/mol. The number of hydrogen-bond acceptors (Lipinski definition) is 4. The van der Waals surface area contributed by atoms with Gasteiger partial charge in [-0.3, -0.25) is 0 Å². The summed E-state index contributed by atoms with van der Waals surface area (Å²) in [6.45, 7) is 5.28. The topological polar surface area (TPSA) is 64.9 Å². The summed E-state index contributed by atoms with van der Waals surface area (Å²) in [6, 6.07) is 0. The second kappa shape index (κ2) is 3.40. The molecule has 0 aliphatic heterocycles. The fourth-order valence-corrected chi connectivity index (χ4v) is 6.25. The molecule has 0 saturated heterocycles. The Morgan fingerprint density at radius 2 is 1.84 bits per heavy atom. The molecule has 104 valence electrons. The first-order valence-electron chi connectivity index (χ1n) is 7.48. The fourth-order valence-electron chi connectivity index (χ4n) is 6.25. The van der Waals surface area contributed by atoms with Gasteiger partial charge in [0.25, 0.3) is 0 Å². The molecule has 2 unspecified atom stereocenters. The average molecular weight is 261 g/mol. The maximum Gasteiger partial charge on any atom is 0.240 e. The molecular weight excluding hydrogens is 238 g/mol. The molecule has 0 amide bonds. The minimum atomic E-state index is 0.167. The summed E-state index contributed by atoms with van der Waals surface area (Å²) < 4.78 is 5.28. The summed E-state index contributed by atoms with van der Waals surface area (Å²) in [7, 11) is 0. The molecule has 4 nitrogen and oxygen atoms in total. The summed E-state index contributed by atoms with van der Waals surface area (Å²) in [5, 5.41) is 4.27. The highest BCUT2D eigenvalue weighted by Crippen LogP contribution is 2.69. The maximum absolute atomic E-state index is 5.61. The molecule has 4 aliphatic carbocycles. The van der Waals surface area contributed by atoms with Crippen molar-refractivity contribution in [2.24, 2.45) is 22.5 Å². The Hall–Kier alpha value is -0.900. The van der Waals surface area contributed by atoms with E-state index in [1.165, 1.54) is 38.5 Å². The predicted molar refractivity (Wildman–Crippen MR) is 71.3 cm³/mol. The fraction of sp³-hybridized carbons (Fsp3) is 0.867. The average Bonchev–Trinajstić information content (AvgIpc) is 2.72. The molecule has 0 radical (unpaired) electrons. The molecule has 2 atom stereocenters. The highest BCUT2D eigenvalue weighted by Gasteiger charge is 2.62. The van der Waals surface area contributed by atoms with Crippen molar-refractivity contribution in [2.45, 2.75) is 64.3 Å². The van der Waals surface area contributed by atoms with Crippen LogP contribution in [0.3, 0.4) is 0 Å². The molecule has 0 aromatic carbocycles. The molecule has 2 N–H and O–H groups in total. The van der Waals surface area contributed by atoms with Gasteiger partial charge >= 0.3 is 0 Å². The molecule has 1 aromatic heterocycles. The summed E-state index contributed by atoms with van der Waals surface area (Å²) in [6.07, 6.45) is 7.88. The van der Waals surface area contributed by atoms with E-state index in [1.807, 2.05) is 0 Å². The van der Waals surface area contributed by atoms with Crippen molar-refractivity contribution >= 4 is 0 Å². The molecule has 1 heterocycles. The van der Waals surface area contributed by atoms with E-state index in [4.69, 9.17) is 10.3 Å². The van der Waals surface area contributed by atoms with Gasteiger partial charge in [-0.2, -0.15) is 4.98 Å². The Labute approximate surface area is 114 Å². The van der Waals surface area contributed by atoms with Gasteiger partial charge in [0.15, 0.2) is 5.82 Å². The second-order valence-corrected chi connectivity index (χ2v) is 8.13. The van der Waals surface area contributed by atoms with E-state index in [9.17, 15) is 0 Å². The lowest BCUT2D eigenvalue weighted by Crippen LogP contribution is -2.57. The molecular formula is C15H23N3O. The normalized spacial score (nSPS) is 47.8. The lowest BCUT2D eigenvalue weighted by Gasteiger charge is -2.64. The molecule has 4 saturated carbocycles. The minimum absolute atomic E-state index is 0.167. The van der Waals surface area contributed by atoms with Crippen LogP contribution in [0.2, 0.25) is 0 Å². The third kappa shape index (κ3) is 1.62. The summed E-state index contributed by atoms with van der Waals surface area (Å²) in [5.41, 5.74) is 6.74. The third-order valence-corrected chi connectivity index (χ3v) is 5.74. The van der Waals surface area contributed by atoms with Crippen LogP contribution in [0.25, 0.3) is 0 Å². The lowest BCUT2D eigenvalue weighted by molar-refractivity contribution is -0.113. The Balaban J connectivity index is 1.78. The number of nitrogens with zero attached hydrogens (tertiary/aromatic N) is 2. The van der Waals surface area contributed by atoms with Crippen molar-refractivity contribution < 1.29 is 4.52 Å². The van der Waals surface area contributed by atoms with E-state index in [1.54, 1.807) is 0 Å². The minimum Gasteiger partial charge on any atom is -0.338 e. The predicted octanol–water partition coefficient (Wildman–Crippen LogP) is 2.78. The van der Waals surface area contributed by atoms with E-state index >= 15 is 0 Å². The molecule has 4 aliphatic rings. The van der Waals surface area contributed by atoms with Gasteiger partial charge in [-0.05, 0) is 55.3 Å². The molecule has 1 aromatic rings. The van der Waals surface area contributed by atoms with Gasteiger partial charge in [-0.1, -0.05) is 19.0 Å². The first-order chi connectivity index (χ1) is 8.94. The molecule has 4 fully saturated rings. The Bertz CT molecular complexity index is 505. The summed E-state index contributed by atoms with van der Waals surface area (Å²) in [5.74, 6) is 2.38. The van der Waals surface area contributed by atoms with Crippen molar-refractivity contribution in [2.75, 3.05) is 0 Å². The molecule has 4 bridgehead atoms. The smallest absolute Gasteiger partial charge is 0.240 e. The van der Waals surface area contributed by atoms with Crippen LogP contribution in [0.5, 0.6) is 0 Å². The SMILES string of the molecule is CC12CC3CC(C)(C1)CC(c1noc(CN)n1)(C3)C2. The van der Waals surface area contributed by atoms with Gasteiger partial charge < -0.3 is 10.3 Å². The number of hydrogen-bond donors (Lipinski definition) is 1. The van der Waals surface area contributed by atoms with Crippen LogP contribution in [0.1, 0.15) is 64.1 Å². The van der Waals surface area contributed by atoms with E-state index in [0.717, 1.165) is 11.7 Å². The molecule has 19 heavy (non-hydrogen) atoms. The highest BCUT2D eigenvalue weighted by molar-refractivity contribution is 5.21. The zero-order valence-corrected chi connectivity index (χ0v) is 11.9. The van der Waals surface area contributed by atoms with Crippen LogP contribution >= 0.6 is 0 Å². The van der Waals surface area contributed by atoms with E-state index in [0.29, 0.717) is 23.3 Å². The molecule has 4 heteroatoms.